The number of fused-ring (bicyclic) bond motifs is 3. The minimum absolute atomic E-state index is 0. The Morgan fingerprint density at radius 1 is 0.585 bits per heavy atom. The Morgan fingerprint density at radius 2 is 1.02 bits per heavy atom. The fraction of sp³-hybridized carbons (Fsp3) is 0.189. The van der Waals surface area contributed by atoms with Crippen molar-refractivity contribution in [2.45, 2.75) is 45.8 Å². The van der Waals surface area contributed by atoms with Gasteiger partial charge in [0, 0.05) is 5.54 Å². The predicted octanol–water partition coefficient (Wildman–Crippen LogP) is 7.84. The van der Waals surface area contributed by atoms with Crippen LogP contribution in [0.4, 0.5) is 0 Å². The van der Waals surface area contributed by atoms with Crippen molar-refractivity contribution in [1.29, 1.82) is 0 Å². The molecular formula is C37H43NPScSi. The Labute approximate surface area is 272 Å². The van der Waals surface area contributed by atoms with Crippen LogP contribution in [0.1, 0.15) is 36.2 Å². The van der Waals surface area contributed by atoms with Crippen molar-refractivity contribution in [1.82, 2.24) is 4.98 Å². The van der Waals surface area contributed by atoms with Crippen LogP contribution in [0, 0.1) is 0 Å². The molecule has 0 bridgehead atoms. The Kier molecular flexibility index (Phi) is 10.5. The van der Waals surface area contributed by atoms with Crippen LogP contribution >= 0.6 is 7.92 Å². The first-order chi connectivity index (χ1) is 19.2. The van der Waals surface area contributed by atoms with Crippen LogP contribution in [0.15, 0.2) is 133 Å². The molecule has 4 heteroatoms. The molecule has 1 nitrogen and oxygen atoms in total. The number of benzene rings is 5. The molecule has 6 rings (SSSR count). The van der Waals surface area contributed by atoms with Crippen LogP contribution in [-0.4, -0.2) is 13.8 Å². The molecule has 0 saturated carbocycles. The summed E-state index contributed by atoms with van der Waals surface area (Å²) >= 11 is 0. The molecule has 0 fully saturated rings. The zero-order valence-corrected chi connectivity index (χ0v) is 28.6. The van der Waals surface area contributed by atoms with E-state index in [0.29, 0.717) is 0 Å². The molecule has 1 aliphatic carbocycles. The summed E-state index contributed by atoms with van der Waals surface area (Å²) in [5, 5.41) is 5.76. The summed E-state index contributed by atoms with van der Waals surface area (Å²) in [5.74, 6) is 0. The Bertz CT molecular complexity index is 1470. The van der Waals surface area contributed by atoms with Crippen LogP contribution < -0.4 is 26.1 Å². The quantitative estimate of drug-likeness (QED) is 0.156. The second-order valence-electron chi connectivity index (χ2n) is 12.0. The van der Waals surface area contributed by atoms with E-state index in [4.69, 9.17) is 0 Å². The molecule has 1 aliphatic rings. The molecule has 5 aromatic rings. The molecule has 0 atom stereocenters. The zero-order chi connectivity index (χ0) is 28.2. The molecule has 5 aromatic carbocycles. The van der Waals surface area contributed by atoms with Gasteiger partial charge in [-0.2, -0.15) is 0 Å². The largest absolute Gasteiger partial charge is 3.00 e. The van der Waals surface area contributed by atoms with Gasteiger partial charge in [-0.3, -0.25) is 0 Å². The van der Waals surface area contributed by atoms with Gasteiger partial charge in [-0.15, -0.1) is 0 Å². The van der Waals surface area contributed by atoms with E-state index in [0.717, 1.165) is 6.42 Å². The summed E-state index contributed by atoms with van der Waals surface area (Å²) in [7, 11) is -2.11. The van der Waals surface area contributed by atoms with E-state index in [9.17, 15) is 0 Å². The van der Waals surface area contributed by atoms with Gasteiger partial charge in [0.2, 0.25) is 0 Å². The Hall–Kier alpha value is -2.42. The fourth-order valence-electron chi connectivity index (χ4n) is 5.93. The summed E-state index contributed by atoms with van der Waals surface area (Å²) in [4.78, 5) is 3.91. The molecule has 41 heavy (non-hydrogen) atoms. The molecular weight excluding hydrogens is 562 g/mol. The van der Waals surface area contributed by atoms with Crippen LogP contribution in [0.2, 0.25) is 13.1 Å². The van der Waals surface area contributed by atoms with Crippen molar-refractivity contribution in [2.24, 2.45) is 0 Å². The van der Waals surface area contributed by atoms with Crippen LogP contribution in [0.3, 0.4) is 0 Å². The third kappa shape index (κ3) is 7.70. The minimum atomic E-state index is -1.66. The number of hydrogen-bond donors (Lipinski definition) is 1. The summed E-state index contributed by atoms with van der Waals surface area (Å²) < 4.78 is 0. The standard InChI is InChI=1S/C19H25NSi.C18H15P.Sc.3H/c1-19(2,3)20-21(4,5)18-12-8-11-16-15-10-7-6-9-14(15)13-17(16)18;1-4-10-16(11-5-1)19(17-12-6-2-7-13-17)18-14-8-3-9-15-18;;;;/h6-12,20H,13H2,1-5H3;1-15H;;;;/q;;+3;3*-1. The molecule has 0 spiro atoms. The summed E-state index contributed by atoms with van der Waals surface area (Å²) in [6.07, 6.45) is 1.09. The van der Waals surface area contributed by atoms with Gasteiger partial charge in [0.1, 0.15) is 0 Å². The molecule has 0 heterocycles. The van der Waals surface area contributed by atoms with Gasteiger partial charge >= 0.3 is 25.8 Å². The van der Waals surface area contributed by atoms with E-state index in [1.54, 1.807) is 10.8 Å². The fourth-order valence-corrected chi connectivity index (χ4v) is 11.7. The first kappa shape index (κ1) is 31.5. The van der Waals surface area contributed by atoms with Crippen molar-refractivity contribution in [3.63, 3.8) is 0 Å². The van der Waals surface area contributed by atoms with Crippen LogP contribution in [0.25, 0.3) is 11.1 Å². The van der Waals surface area contributed by atoms with E-state index in [-0.39, 0.29) is 35.7 Å². The van der Waals surface area contributed by atoms with Gasteiger partial charge in [-0.1, -0.05) is 147 Å². The Balaban J connectivity index is 0.000000405. The van der Waals surface area contributed by atoms with Crippen molar-refractivity contribution in [3.8, 4) is 11.1 Å². The maximum absolute atomic E-state index is 3.91. The van der Waals surface area contributed by atoms with Gasteiger partial charge in [-0.05, 0) is 78.5 Å². The van der Waals surface area contributed by atoms with E-state index in [2.05, 4.69) is 172 Å². The van der Waals surface area contributed by atoms with Crippen molar-refractivity contribution in [3.05, 3.63) is 145 Å². The normalized spacial score (nSPS) is 12.0. The average Bonchev–Trinajstić information content (AvgIpc) is 3.33. The number of hydrogen-bond acceptors (Lipinski definition) is 1. The smallest absolute Gasteiger partial charge is 1.00 e. The molecule has 1 N–H and O–H groups in total. The topological polar surface area (TPSA) is 12.0 Å². The molecule has 0 amide bonds. The summed E-state index contributed by atoms with van der Waals surface area (Å²) in [6.45, 7) is 11.6. The Morgan fingerprint density at radius 3 is 1.51 bits per heavy atom. The van der Waals surface area contributed by atoms with Gasteiger partial charge in [0.15, 0.2) is 8.24 Å². The van der Waals surface area contributed by atoms with Crippen LogP contribution in [0.5, 0.6) is 0 Å². The minimum Gasteiger partial charge on any atom is -1.00 e. The number of nitrogens with one attached hydrogen (secondary N) is 1. The first-order valence-corrected chi connectivity index (χ1v) is 18.5. The second-order valence-corrected chi connectivity index (χ2v) is 18.3. The van der Waals surface area contributed by atoms with E-state index in [1.165, 1.54) is 32.6 Å². The average molecular weight is 606 g/mol. The van der Waals surface area contributed by atoms with E-state index in [1.807, 2.05) is 0 Å². The van der Waals surface area contributed by atoms with Crippen molar-refractivity contribution >= 4 is 37.3 Å². The van der Waals surface area contributed by atoms with Crippen LogP contribution in [-0.2, 0) is 32.3 Å². The second kappa shape index (κ2) is 13.7. The third-order valence-corrected chi connectivity index (χ3v) is 12.9. The number of rotatable bonds is 5. The first-order valence-electron chi connectivity index (χ1n) is 14.2. The van der Waals surface area contributed by atoms with Gasteiger partial charge in [0.25, 0.3) is 0 Å². The third-order valence-electron chi connectivity index (χ3n) is 7.25. The molecule has 0 aliphatic heterocycles. The van der Waals surface area contributed by atoms with Gasteiger partial charge in [0.05, 0.1) is 0 Å². The van der Waals surface area contributed by atoms with E-state index >= 15 is 0 Å². The maximum atomic E-state index is 3.91. The maximum Gasteiger partial charge on any atom is 3.00 e. The molecule has 0 saturated heterocycles. The molecule has 0 aromatic heterocycles. The van der Waals surface area contributed by atoms with Crippen molar-refractivity contribution < 1.29 is 30.1 Å². The van der Waals surface area contributed by atoms with Crippen molar-refractivity contribution in [2.75, 3.05) is 0 Å². The molecule has 0 unspecified atom stereocenters. The van der Waals surface area contributed by atoms with Gasteiger partial charge < -0.3 is 9.26 Å². The van der Waals surface area contributed by atoms with Gasteiger partial charge in [-0.25, -0.2) is 0 Å². The summed E-state index contributed by atoms with van der Waals surface area (Å²) in [6, 6.07) is 48.0. The molecule has 208 valence electrons. The SMILES string of the molecule is CC(C)(C)N[Si](C)(C)c1cccc2c1Cc1ccccc1-2.[H-].[H-].[H-].[Sc+3].c1ccc(P(c2ccccc2)c2ccccc2)cc1. The molecule has 0 radical (unpaired) electrons. The predicted molar refractivity (Wildman–Crippen MR) is 183 cm³/mol. The van der Waals surface area contributed by atoms with E-state index < -0.39 is 16.2 Å². The summed E-state index contributed by atoms with van der Waals surface area (Å²) in [5.41, 5.74) is 6.05. The zero-order valence-electron chi connectivity index (χ0n) is 27.9. The monoisotopic (exact) mass is 605 g/mol.